The van der Waals surface area contributed by atoms with Gasteiger partial charge >= 0.3 is 5.97 Å². The third-order valence-electron chi connectivity index (χ3n) is 3.36. The molecule has 0 aromatic rings. The highest BCUT2D eigenvalue weighted by atomic mass is 16.4. The minimum atomic E-state index is -0.672. The first-order valence-electron chi connectivity index (χ1n) is 8.72. The van der Waals surface area contributed by atoms with E-state index < -0.39 is 5.97 Å². The summed E-state index contributed by atoms with van der Waals surface area (Å²) < 4.78 is 0. The topological polar surface area (TPSA) is 57.5 Å². The first-order chi connectivity index (χ1) is 9.90. The Kier molecular flexibility index (Phi) is 18.9. The van der Waals surface area contributed by atoms with Gasteiger partial charge in [0.2, 0.25) is 0 Å². The van der Waals surface area contributed by atoms with Crippen molar-refractivity contribution in [1.29, 1.82) is 0 Å². The lowest BCUT2D eigenvalue weighted by Gasteiger charge is -2.02. The Labute approximate surface area is 132 Å². The van der Waals surface area contributed by atoms with E-state index in [1.54, 1.807) is 0 Å². The van der Waals surface area contributed by atoms with E-state index >= 15 is 0 Å². The fraction of sp³-hybridized carbons (Fsp3) is 0.944. The second-order valence-electron chi connectivity index (χ2n) is 6.71. The van der Waals surface area contributed by atoms with Crippen molar-refractivity contribution in [3.8, 4) is 0 Å². The molecule has 0 amide bonds. The van der Waals surface area contributed by atoms with Crippen molar-refractivity contribution in [2.75, 3.05) is 6.61 Å². The second kappa shape index (κ2) is 17.5. The molecule has 0 aliphatic carbocycles. The van der Waals surface area contributed by atoms with E-state index in [-0.39, 0.29) is 0 Å². The minimum Gasteiger partial charge on any atom is -0.481 e. The summed E-state index contributed by atoms with van der Waals surface area (Å²) in [4.78, 5) is 10.1. The number of aliphatic hydroxyl groups is 1. The molecule has 0 aromatic carbocycles. The molecule has 0 saturated carbocycles. The molecular formula is C18H38O3. The predicted molar refractivity (Wildman–Crippen MR) is 90.6 cm³/mol. The van der Waals surface area contributed by atoms with Crippen LogP contribution in [0.4, 0.5) is 0 Å². The van der Waals surface area contributed by atoms with Crippen molar-refractivity contribution in [2.24, 2.45) is 11.8 Å². The lowest BCUT2D eigenvalue weighted by Crippen LogP contribution is -1.94. The van der Waals surface area contributed by atoms with E-state index in [2.05, 4.69) is 27.7 Å². The third-order valence-corrected chi connectivity index (χ3v) is 3.36. The summed E-state index contributed by atoms with van der Waals surface area (Å²) >= 11 is 0. The molecule has 0 aromatic heterocycles. The molecule has 0 spiro atoms. The molecule has 0 aliphatic rings. The quantitative estimate of drug-likeness (QED) is 0.483. The van der Waals surface area contributed by atoms with Crippen molar-refractivity contribution in [1.82, 2.24) is 0 Å². The maximum Gasteiger partial charge on any atom is 0.303 e. The van der Waals surface area contributed by atoms with Crippen LogP contribution in [0.15, 0.2) is 0 Å². The summed E-state index contributed by atoms with van der Waals surface area (Å²) in [5, 5.41) is 16.8. The van der Waals surface area contributed by atoms with Crippen LogP contribution in [0, 0.1) is 11.8 Å². The van der Waals surface area contributed by atoms with Crippen LogP contribution in [0.2, 0.25) is 0 Å². The van der Waals surface area contributed by atoms with E-state index in [4.69, 9.17) is 10.2 Å². The fourth-order valence-corrected chi connectivity index (χ4v) is 2.02. The van der Waals surface area contributed by atoms with Crippen molar-refractivity contribution in [2.45, 2.75) is 91.9 Å². The van der Waals surface area contributed by atoms with Gasteiger partial charge in [-0.2, -0.15) is 0 Å². The maximum absolute atomic E-state index is 10.1. The average molecular weight is 302 g/mol. The predicted octanol–water partition coefficient (Wildman–Crippen LogP) is 5.26. The van der Waals surface area contributed by atoms with Crippen LogP contribution in [0.1, 0.15) is 91.9 Å². The van der Waals surface area contributed by atoms with Gasteiger partial charge in [-0.3, -0.25) is 4.79 Å². The van der Waals surface area contributed by atoms with Crippen LogP contribution < -0.4 is 0 Å². The number of hydrogen-bond acceptors (Lipinski definition) is 2. The van der Waals surface area contributed by atoms with Gasteiger partial charge < -0.3 is 10.2 Å². The molecule has 0 radical (unpaired) electrons. The van der Waals surface area contributed by atoms with E-state index in [1.165, 1.54) is 38.5 Å². The van der Waals surface area contributed by atoms with Gasteiger partial charge in [0, 0.05) is 13.0 Å². The third kappa shape index (κ3) is 28.3. The van der Waals surface area contributed by atoms with Gasteiger partial charge in [0.1, 0.15) is 0 Å². The summed E-state index contributed by atoms with van der Waals surface area (Å²) in [6.45, 7) is 9.26. The van der Waals surface area contributed by atoms with Crippen LogP contribution in [-0.4, -0.2) is 22.8 Å². The van der Waals surface area contributed by atoms with Gasteiger partial charge in [-0.1, -0.05) is 72.6 Å². The summed E-state index contributed by atoms with van der Waals surface area (Å²) in [5.74, 6) is 0.920. The Morgan fingerprint density at radius 1 is 0.762 bits per heavy atom. The first-order valence-corrected chi connectivity index (χ1v) is 8.72. The molecule has 3 nitrogen and oxygen atoms in total. The summed E-state index contributed by atoms with van der Waals surface area (Å²) in [6, 6.07) is 0. The fourth-order valence-electron chi connectivity index (χ4n) is 2.02. The number of rotatable bonds is 12. The van der Waals surface area contributed by atoms with Gasteiger partial charge in [0.05, 0.1) is 0 Å². The lowest BCUT2D eigenvalue weighted by molar-refractivity contribution is -0.137. The van der Waals surface area contributed by atoms with Gasteiger partial charge in [-0.05, 0) is 24.7 Å². The molecular weight excluding hydrogens is 264 g/mol. The standard InChI is InChI=1S/C9H18O2.C9H20O/c1-8(2)6-4-3-5-7-9(10)11;1-9(2)7-5-3-4-6-8-10/h8H,3-7H2,1-2H3,(H,10,11);9-10H,3-8H2,1-2H3. The number of carboxylic acids is 1. The lowest BCUT2D eigenvalue weighted by atomic mass is 10.0. The van der Waals surface area contributed by atoms with Gasteiger partial charge in [-0.25, -0.2) is 0 Å². The Balaban J connectivity index is 0. The normalized spacial score (nSPS) is 10.6. The highest BCUT2D eigenvalue weighted by molar-refractivity contribution is 5.66. The van der Waals surface area contributed by atoms with Crippen molar-refractivity contribution < 1.29 is 15.0 Å². The summed E-state index contributed by atoms with van der Waals surface area (Å²) in [5.41, 5.74) is 0. The Morgan fingerprint density at radius 2 is 1.19 bits per heavy atom. The highest BCUT2D eigenvalue weighted by Crippen LogP contribution is 2.09. The number of hydrogen-bond donors (Lipinski definition) is 2. The molecule has 2 N–H and O–H groups in total. The smallest absolute Gasteiger partial charge is 0.303 e. The van der Waals surface area contributed by atoms with Crippen molar-refractivity contribution >= 4 is 5.97 Å². The maximum atomic E-state index is 10.1. The number of carboxylic acid groups (broad SMARTS) is 1. The summed E-state index contributed by atoms with van der Waals surface area (Å²) in [7, 11) is 0. The molecule has 0 aliphatic heterocycles. The molecule has 0 fully saturated rings. The Hall–Kier alpha value is -0.570. The van der Waals surface area contributed by atoms with Crippen molar-refractivity contribution in [3.05, 3.63) is 0 Å². The van der Waals surface area contributed by atoms with Gasteiger partial charge in [0.15, 0.2) is 0 Å². The van der Waals surface area contributed by atoms with Crippen LogP contribution in [-0.2, 0) is 4.79 Å². The van der Waals surface area contributed by atoms with E-state index in [9.17, 15) is 4.79 Å². The molecule has 3 heteroatoms. The number of unbranched alkanes of at least 4 members (excludes halogenated alkanes) is 5. The second-order valence-corrected chi connectivity index (χ2v) is 6.71. The van der Waals surface area contributed by atoms with E-state index in [0.717, 1.165) is 31.1 Å². The number of carbonyl (C=O) groups is 1. The van der Waals surface area contributed by atoms with Gasteiger partial charge in [-0.15, -0.1) is 0 Å². The number of aliphatic hydroxyl groups excluding tert-OH is 1. The first kappa shape index (κ1) is 22.7. The van der Waals surface area contributed by atoms with Gasteiger partial charge in [0.25, 0.3) is 0 Å². The Morgan fingerprint density at radius 3 is 1.57 bits per heavy atom. The molecule has 0 saturated heterocycles. The van der Waals surface area contributed by atoms with Crippen molar-refractivity contribution in [3.63, 3.8) is 0 Å². The molecule has 0 heterocycles. The highest BCUT2D eigenvalue weighted by Gasteiger charge is 1.97. The summed E-state index contributed by atoms with van der Waals surface area (Å²) in [6.07, 6.45) is 10.8. The zero-order chi connectivity index (χ0) is 16.5. The van der Waals surface area contributed by atoms with Crippen LogP contribution in [0.3, 0.4) is 0 Å². The van der Waals surface area contributed by atoms with E-state index in [1.807, 2.05) is 0 Å². The SMILES string of the molecule is CC(C)CCCCCC(=O)O.CC(C)CCCCCCO. The zero-order valence-corrected chi connectivity index (χ0v) is 14.7. The Bertz CT molecular complexity index is 213. The number of aliphatic carboxylic acids is 1. The van der Waals surface area contributed by atoms with Crippen LogP contribution in [0.25, 0.3) is 0 Å². The molecule has 128 valence electrons. The monoisotopic (exact) mass is 302 g/mol. The van der Waals surface area contributed by atoms with Crippen LogP contribution >= 0.6 is 0 Å². The minimum absolute atomic E-state index is 0.331. The largest absolute Gasteiger partial charge is 0.481 e. The molecule has 0 bridgehead atoms. The molecule has 21 heavy (non-hydrogen) atoms. The molecule has 0 atom stereocenters. The molecule has 0 rings (SSSR count). The molecule has 0 unspecified atom stereocenters. The van der Waals surface area contributed by atoms with Crippen LogP contribution in [0.5, 0.6) is 0 Å². The zero-order valence-electron chi connectivity index (χ0n) is 14.7. The van der Waals surface area contributed by atoms with E-state index in [0.29, 0.717) is 13.0 Å². The average Bonchev–Trinajstić information content (AvgIpc) is 2.38.